The van der Waals surface area contributed by atoms with Gasteiger partial charge in [0.05, 0.1) is 17.3 Å². The summed E-state index contributed by atoms with van der Waals surface area (Å²) < 4.78 is 0. The topological polar surface area (TPSA) is 86.0 Å². The van der Waals surface area contributed by atoms with Crippen molar-refractivity contribution in [2.75, 3.05) is 0 Å². The zero-order valence-electron chi connectivity index (χ0n) is 14.9. The zero-order valence-corrected chi connectivity index (χ0v) is 15.7. The first-order valence-corrected chi connectivity index (χ1v) is 9.82. The number of benzene rings is 1. The Bertz CT molecular complexity index is 949. The fourth-order valence-corrected chi connectivity index (χ4v) is 4.19. The number of carbonyl (C=O) groups is 1. The van der Waals surface area contributed by atoms with Gasteiger partial charge in [-0.1, -0.05) is 43.2 Å². The standard InChI is InChI=1S/C21H21N3O2S/c22-15-21(19-9-6-14-27-19,13-5-1-2-10-20(25)24-26)18-12-11-16-7-3-4-8-17(16)23-18/h3-4,6-9,11-12,14,26H,1-2,5,10,13H2,(H,24,25). The predicted octanol–water partition coefficient (Wildman–Crippen LogP) is 4.56. The number of hydrogen-bond acceptors (Lipinski definition) is 5. The highest BCUT2D eigenvalue weighted by atomic mass is 32.1. The molecule has 1 aromatic carbocycles. The highest BCUT2D eigenvalue weighted by Gasteiger charge is 2.36. The quantitative estimate of drug-likeness (QED) is 0.341. The summed E-state index contributed by atoms with van der Waals surface area (Å²) in [5, 5.41) is 21.8. The van der Waals surface area contributed by atoms with Gasteiger partial charge in [0, 0.05) is 16.7 Å². The van der Waals surface area contributed by atoms with Crippen molar-refractivity contribution < 1.29 is 10.0 Å². The lowest BCUT2D eigenvalue weighted by Crippen LogP contribution is -2.26. The Labute approximate surface area is 162 Å². The van der Waals surface area contributed by atoms with Crippen LogP contribution in [0.3, 0.4) is 0 Å². The van der Waals surface area contributed by atoms with Gasteiger partial charge in [-0.3, -0.25) is 15.0 Å². The molecule has 1 unspecified atom stereocenters. The van der Waals surface area contributed by atoms with E-state index in [0.717, 1.165) is 34.3 Å². The summed E-state index contributed by atoms with van der Waals surface area (Å²) in [6.45, 7) is 0. The van der Waals surface area contributed by atoms with Crippen LogP contribution in [0, 0.1) is 11.3 Å². The monoisotopic (exact) mass is 379 g/mol. The number of thiophene rings is 1. The van der Waals surface area contributed by atoms with Crippen molar-refractivity contribution in [2.45, 2.75) is 37.5 Å². The number of para-hydroxylation sites is 1. The molecule has 0 saturated heterocycles. The van der Waals surface area contributed by atoms with Crippen LogP contribution in [-0.4, -0.2) is 16.1 Å². The summed E-state index contributed by atoms with van der Waals surface area (Å²) in [5.74, 6) is -0.379. The molecule has 0 saturated carbocycles. The Hall–Kier alpha value is -2.75. The SMILES string of the molecule is N#CC(CCCCCC(=O)NO)(c1ccc2ccccc2n1)c1cccs1. The van der Waals surface area contributed by atoms with Gasteiger partial charge >= 0.3 is 0 Å². The Kier molecular flexibility index (Phi) is 6.17. The molecule has 3 rings (SSSR count). The molecule has 3 aromatic rings. The number of hydrogen-bond donors (Lipinski definition) is 2. The molecule has 0 aliphatic heterocycles. The summed E-state index contributed by atoms with van der Waals surface area (Å²) in [5.41, 5.74) is 2.50. The number of nitrogens with one attached hydrogen (secondary N) is 1. The molecule has 2 N–H and O–H groups in total. The molecule has 6 heteroatoms. The van der Waals surface area contributed by atoms with Crippen LogP contribution in [0.4, 0.5) is 0 Å². The van der Waals surface area contributed by atoms with E-state index in [9.17, 15) is 10.1 Å². The fraction of sp³-hybridized carbons (Fsp3) is 0.286. The molecule has 5 nitrogen and oxygen atoms in total. The number of nitrogens with zero attached hydrogens (tertiary/aromatic N) is 2. The minimum atomic E-state index is -0.794. The molecular formula is C21H21N3O2S. The van der Waals surface area contributed by atoms with E-state index in [4.69, 9.17) is 10.2 Å². The average molecular weight is 379 g/mol. The maximum atomic E-state index is 11.1. The van der Waals surface area contributed by atoms with Crippen molar-refractivity contribution >= 4 is 28.1 Å². The number of hydroxylamine groups is 1. The Balaban J connectivity index is 1.86. The molecule has 0 aliphatic carbocycles. The fourth-order valence-electron chi connectivity index (χ4n) is 3.28. The van der Waals surface area contributed by atoms with Gasteiger partial charge in [-0.2, -0.15) is 5.26 Å². The predicted molar refractivity (Wildman–Crippen MR) is 105 cm³/mol. The number of carbonyl (C=O) groups excluding carboxylic acids is 1. The van der Waals surface area contributed by atoms with E-state index in [1.807, 2.05) is 53.9 Å². The summed E-state index contributed by atoms with van der Waals surface area (Å²) in [7, 11) is 0. The summed E-state index contributed by atoms with van der Waals surface area (Å²) in [6.07, 6.45) is 3.18. The molecule has 2 heterocycles. The van der Waals surface area contributed by atoms with Crippen LogP contribution < -0.4 is 5.48 Å². The summed E-state index contributed by atoms with van der Waals surface area (Å²) in [4.78, 5) is 16.9. The van der Waals surface area contributed by atoms with Gasteiger partial charge < -0.3 is 0 Å². The van der Waals surface area contributed by atoms with Crippen LogP contribution >= 0.6 is 11.3 Å². The number of fused-ring (bicyclic) bond motifs is 1. The van der Waals surface area contributed by atoms with Gasteiger partial charge in [0.15, 0.2) is 0 Å². The van der Waals surface area contributed by atoms with E-state index in [1.165, 1.54) is 0 Å². The van der Waals surface area contributed by atoms with Crippen molar-refractivity contribution in [1.29, 1.82) is 5.26 Å². The van der Waals surface area contributed by atoms with Crippen LogP contribution in [0.2, 0.25) is 0 Å². The first-order chi connectivity index (χ1) is 13.2. The highest BCUT2D eigenvalue weighted by Crippen LogP contribution is 2.39. The number of unbranched alkanes of at least 4 members (excludes halogenated alkanes) is 2. The van der Waals surface area contributed by atoms with E-state index < -0.39 is 5.41 Å². The third-order valence-corrected chi connectivity index (χ3v) is 5.78. The molecule has 1 amide bonds. The zero-order chi connectivity index (χ0) is 19.1. The van der Waals surface area contributed by atoms with Crippen LogP contribution in [0.1, 0.15) is 42.7 Å². The number of rotatable bonds is 8. The Morgan fingerprint density at radius 3 is 2.74 bits per heavy atom. The van der Waals surface area contributed by atoms with E-state index in [1.54, 1.807) is 16.8 Å². The molecule has 1 atom stereocenters. The van der Waals surface area contributed by atoms with Crippen molar-refractivity contribution in [3.05, 3.63) is 64.5 Å². The second-order valence-corrected chi connectivity index (χ2v) is 7.43. The Morgan fingerprint density at radius 1 is 1.15 bits per heavy atom. The Morgan fingerprint density at radius 2 is 2.00 bits per heavy atom. The number of aromatic nitrogens is 1. The van der Waals surface area contributed by atoms with E-state index in [-0.39, 0.29) is 12.3 Å². The van der Waals surface area contributed by atoms with Crippen molar-refractivity contribution in [2.24, 2.45) is 0 Å². The van der Waals surface area contributed by atoms with Crippen molar-refractivity contribution in [3.63, 3.8) is 0 Å². The van der Waals surface area contributed by atoms with E-state index in [2.05, 4.69) is 6.07 Å². The van der Waals surface area contributed by atoms with Gasteiger partial charge in [-0.15, -0.1) is 11.3 Å². The minimum Gasteiger partial charge on any atom is -0.289 e. The van der Waals surface area contributed by atoms with Gasteiger partial charge in [-0.25, -0.2) is 5.48 Å². The minimum absolute atomic E-state index is 0.281. The van der Waals surface area contributed by atoms with E-state index >= 15 is 0 Å². The molecule has 0 radical (unpaired) electrons. The first-order valence-electron chi connectivity index (χ1n) is 8.94. The maximum absolute atomic E-state index is 11.1. The molecule has 0 aliphatic rings. The van der Waals surface area contributed by atoms with Gasteiger partial charge in [0.1, 0.15) is 5.41 Å². The molecule has 138 valence electrons. The summed E-state index contributed by atoms with van der Waals surface area (Å²) in [6, 6.07) is 18.3. The second kappa shape index (κ2) is 8.76. The van der Waals surface area contributed by atoms with Gasteiger partial charge in [0.2, 0.25) is 5.91 Å². The second-order valence-electron chi connectivity index (χ2n) is 6.48. The van der Waals surface area contributed by atoms with Crippen molar-refractivity contribution in [3.8, 4) is 6.07 Å². The first kappa shape index (κ1) is 19.0. The highest BCUT2D eigenvalue weighted by molar-refractivity contribution is 7.10. The normalized spacial score (nSPS) is 13.0. The number of amides is 1. The third-order valence-electron chi connectivity index (χ3n) is 4.75. The number of nitriles is 1. The number of pyridine rings is 1. The van der Waals surface area contributed by atoms with E-state index in [0.29, 0.717) is 12.8 Å². The van der Waals surface area contributed by atoms with Gasteiger partial charge in [0.25, 0.3) is 0 Å². The maximum Gasteiger partial charge on any atom is 0.243 e. The smallest absolute Gasteiger partial charge is 0.243 e. The van der Waals surface area contributed by atoms with Crippen LogP contribution in [0.15, 0.2) is 53.9 Å². The third kappa shape index (κ3) is 4.16. The largest absolute Gasteiger partial charge is 0.289 e. The lowest BCUT2D eigenvalue weighted by atomic mass is 9.78. The van der Waals surface area contributed by atoms with Crippen LogP contribution in [-0.2, 0) is 10.2 Å². The van der Waals surface area contributed by atoms with Crippen LogP contribution in [0.25, 0.3) is 10.9 Å². The molecular weight excluding hydrogens is 358 g/mol. The molecule has 0 spiro atoms. The van der Waals surface area contributed by atoms with Crippen molar-refractivity contribution in [1.82, 2.24) is 10.5 Å². The van der Waals surface area contributed by atoms with Gasteiger partial charge in [-0.05, 0) is 36.4 Å². The lowest BCUT2D eigenvalue weighted by molar-refractivity contribution is -0.129. The summed E-state index contributed by atoms with van der Waals surface area (Å²) >= 11 is 1.57. The molecule has 27 heavy (non-hydrogen) atoms. The van der Waals surface area contributed by atoms with Crippen LogP contribution in [0.5, 0.6) is 0 Å². The molecule has 0 fully saturated rings. The lowest BCUT2D eigenvalue weighted by Gasteiger charge is -2.25. The molecule has 2 aromatic heterocycles. The molecule has 0 bridgehead atoms. The average Bonchev–Trinajstić information content (AvgIpc) is 3.25.